The third kappa shape index (κ3) is 5.39. The summed E-state index contributed by atoms with van der Waals surface area (Å²) in [5, 5.41) is 4.04. The Morgan fingerprint density at radius 2 is 1.93 bits per heavy atom. The molecule has 1 amide bonds. The molecule has 6 heteroatoms. The van der Waals surface area contributed by atoms with Crippen LogP contribution < -0.4 is 21.0 Å². The van der Waals surface area contributed by atoms with Gasteiger partial charge in [-0.2, -0.15) is 5.10 Å². The number of aryl methyl sites for hydroxylation is 1. The van der Waals surface area contributed by atoms with E-state index in [9.17, 15) is 4.79 Å². The summed E-state index contributed by atoms with van der Waals surface area (Å²) in [6.45, 7) is 4.83. The standard InChI is InChI=1S/C21H26N4O2/c1-3-12-27-18-10-8-17(9-11-18)19-13-20(24-23-19)21(26)25-22-14-16-6-4-15(2)5-7-16/h4-11,14,19-20,23-24H,3,12-13H2,1-2H3,(H,25,26)/b22-14+. The third-order valence-electron chi connectivity index (χ3n) is 4.44. The van der Waals surface area contributed by atoms with E-state index in [0.29, 0.717) is 13.0 Å². The van der Waals surface area contributed by atoms with Crippen LogP contribution in [0, 0.1) is 6.92 Å². The van der Waals surface area contributed by atoms with Gasteiger partial charge in [-0.15, -0.1) is 0 Å². The Morgan fingerprint density at radius 3 is 2.63 bits per heavy atom. The van der Waals surface area contributed by atoms with Crippen molar-refractivity contribution in [3.05, 3.63) is 65.2 Å². The largest absolute Gasteiger partial charge is 0.494 e. The minimum absolute atomic E-state index is 0.0713. The molecule has 1 aliphatic heterocycles. The molecule has 3 rings (SSSR count). The molecule has 1 aliphatic rings. The van der Waals surface area contributed by atoms with Crippen molar-refractivity contribution in [2.45, 2.75) is 38.8 Å². The highest BCUT2D eigenvalue weighted by Crippen LogP contribution is 2.24. The number of amides is 1. The van der Waals surface area contributed by atoms with Crippen molar-refractivity contribution in [2.75, 3.05) is 6.61 Å². The summed E-state index contributed by atoms with van der Waals surface area (Å²) in [5.41, 5.74) is 12.1. The number of benzene rings is 2. The summed E-state index contributed by atoms with van der Waals surface area (Å²) in [5.74, 6) is 0.711. The number of hydrazine groups is 1. The Balaban J connectivity index is 1.49. The molecule has 1 saturated heterocycles. The van der Waals surface area contributed by atoms with E-state index < -0.39 is 0 Å². The van der Waals surface area contributed by atoms with Gasteiger partial charge < -0.3 is 4.74 Å². The number of nitrogens with one attached hydrogen (secondary N) is 3. The lowest BCUT2D eigenvalue weighted by Crippen LogP contribution is -2.41. The summed E-state index contributed by atoms with van der Waals surface area (Å²) < 4.78 is 5.60. The zero-order chi connectivity index (χ0) is 19.1. The summed E-state index contributed by atoms with van der Waals surface area (Å²) in [7, 11) is 0. The van der Waals surface area contributed by atoms with Crippen LogP contribution in [0.15, 0.2) is 53.6 Å². The SMILES string of the molecule is CCCOc1ccc(C2CC(C(=O)N/N=C/c3ccc(C)cc3)NN2)cc1. The van der Waals surface area contributed by atoms with Crippen LogP contribution in [-0.4, -0.2) is 24.8 Å². The lowest BCUT2D eigenvalue weighted by molar-refractivity contribution is -0.122. The Bertz CT molecular complexity index is 772. The molecule has 0 bridgehead atoms. The first-order chi connectivity index (χ1) is 13.2. The second kappa shape index (κ2) is 9.30. The van der Waals surface area contributed by atoms with E-state index in [1.54, 1.807) is 6.21 Å². The topological polar surface area (TPSA) is 74.8 Å². The van der Waals surface area contributed by atoms with Gasteiger partial charge in [0.2, 0.25) is 0 Å². The fraction of sp³-hybridized carbons (Fsp3) is 0.333. The zero-order valence-electron chi connectivity index (χ0n) is 15.7. The fourth-order valence-corrected chi connectivity index (χ4v) is 2.86. The predicted octanol–water partition coefficient (Wildman–Crippen LogP) is 2.84. The van der Waals surface area contributed by atoms with Crippen LogP contribution in [0.4, 0.5) is 0 Å². The lowest BCUT2D eigenvalue weighted by atomic mass is 10.0. The minimum atomic E-state index is -0.332. The van der Waals surface area contributed by atoms with E-state index >= 15 is 0 Å². The monoisotopic (exact) mass is 366 g/mol. The zero-order valence-corrected chi connectivity index (χ0v) is 15.7. The van der Waals surface area contributed by atoms with Crippen molar-refractivity contribution >= 4 is 12.1 Å². The van der Waals surface area contributed by atoms with Gasteiger partial charge in [0.15, 0.2) is 0 Å². The number of hydrazone groups is 1. The van der Waals surface area contributed by atoms with Crippen LogP contribution in [0.25, 0.3) is 0 Å². The van der Waals surface area contributed by atoms with E-state index in [4.69, 9.17) is 4.74 Å². The van der Waals surface area contributed by atoms with Crippen molar-refractivity contribution in [3.8, 4) is 5.75 Å². The van der Waals surface area contributed by atoms with Crippen molar-refractivity contribution in [1.29, 1.82) is 0 Å². The molecule has 27 heavy (non-hydrogen) atoms. The van der Waals surface area contributed by atoms with Gasteiger partial charge in [0.05, 0.1) is 12.8 Å². The minimum Gasteiger partial charge on any atom is -0.494 e. The van der Waals surface area contributed by atoms with Crippen LogP contribution >= 0.6 is 0 Å². The summed E-state index contributed by atoms with van der Waals surface area (Å²) in [4.78, 5) is 12.3. The maximum absolute atomic E-state index is 12.3. The first kappa shape index (κ1) is 19.1. The molecule has 0 saturated carbocycles. The van der Waals surface area contributed by atoms with Crippen molar-refractivity contribution < 1.29 is 9.53 Å². The van der Waals surface area contributed by atoms with Gasteiger partial charge in [-0.05, 0) is 43.0 Å². The summed E-state index contributed by atoms with van der Waals surface area (Å²) >= 11 is 0. The molecule has 2 unspecified atom stereocenters. The van der Waals surface area contributed by atoms with Crippen molar-refractivity contribution in [1.82, 2.24) is 16.3 Å². The van der Waals surface area contributed by atoms with E-state index in [-0.39, 0.29) is 18.0 Å². The molecule has 0 aromatic heterocycles. The smallest absolute Gasteiger partial charge is 0.258 e. The number of hydrogen-bond acceptors (Lipinski definition) is 5. The number of nitrogens with zero attached hydrogens (tertiary/aromatic N) is 1. The maximum Gasteiger partial charge on any atom is 0.258 e. The van der Waals surface area contributed by atoms with Crippen LogP contribution in [0.3, 0.4) is 0 Å². The second-order valence-corrected chi connectivity index (χ2v) is 6.69. The van der Waals surface area contributed by atoms with Gasteiger partial charge in [-0.25, -0.2) is 16.3 Å². The molecule has 2 aromatic carbocycles. The fourth-order valence-electron chi connectivity index (χ4n) is 2.86. The van der Waals surface area contributed by atoms with Gasteiger partial charge in [-0.3, -0.25) is 4.79 Å². The van der Waals surface area contributed by atoms with Crippen LogP contribution in [0.1, 0.15) is 42.5 Å². The first-order valence-corrected chi connectivity index (χ1v) is 9.29. The predicted molar refractivity (Wildman–Crippen MR) is 107 cm³/mol. The molecule has 2 atom stereocenters. The van der Waals surface area contributed by atoms with Crippen molar-refractivity contribution in [2.24, 2.45) is 5.10 Å². The normalized spacial score (nSPS) is 19.3. The molecule has 142 valence electrons. The highest BCUT2D eigenvalue weighted by Gasteiger charge is 2.29. The molecule has 3 N–H and O–H groups in total. The summed E-state index contributed by atoms with van der Waals surface area (Å²) in [6, 6.07) is 15.7. The molecule has 0 radical (unpaired) electrons. The Hall–Kier alpha value is -2.70. The third-order valence-corrected chi connectivity index (χ3v) is 4.44. The molecule has 0 aliphatic carbocycles. The number of ether oxygens (including phenoxy) is 1. The number of rotatable bonds is 7. The number of carbonyl (C=O) groups excluding carboxylic acids is 1. The second-order valence-electron chi connectivity index (χ2n) is 6.69. The highest BCUT2D eigenvalue weighted by molar-refractivity contribution is 5.85. The molecular formula is C21H26N4O2. The highest BCUT2D eigenvalue weighted by atomic mass is 16.5. The van der Waals surface area contributed by atoms with Crippen molar-refractivity contribution in [3.63, 3.8) is 0 Å². The quantitative estimate of drug-likeness (QED) is 0.520. The van der Waals surface area contributed by atoms with E-state index in [1.807, 2.05) is 55.5 Å². The van der Waals surface area contributed by atoms with Gasteiger partial charge in [0.1, 0.15) is 11.8 Å². The Morgan fingerprint density at radius 1 is 1.19 bits per heavy atom. The van der Waals surface area contributed by atoms with Crippen LogP contribution in [0.5, 0.6) is 5.75 Å². The van der Waals surface area contributed by atoms with Crippen LogP contribution in [0.2, 0.25) is 0 Å². The summed E-state index contributed by atoms with van der Waals surface area (Å²) in [6.07, 6.45) is 3.28. The van der Waals surface area contributed by atoms with Gasteiger partial charge in [0.25, 0.3) is 5.91 Å². The molecule has 0 spiro atoms. The average molecular weight is 366 g/mol. The van der Waals surface area contributed by atoms with E-state index in [1.165, 1.54) is 5.56 Å². The Kier molecular flexibility index (Phi) is 6.57. The molecule has 1 heterocycles. The molecular weight excluding hydrogens is 340 g/mol. The molecule has 6 nitrogen and oxygen atoms in total. The average Bonchev–Trinajstić information content (AvgIpc) is 3.18. The maximum atomic E-state index is 12.3. The number of hydrogen-bond donors (Lipinski definition) is 3. The number of carbonyl (C=O) groups is 1. The van der Waals surface area contributed by atoms with E-state index in [2.05, 4.69) is 28.3 Å². The van der Waals surface area contributed by atoms with Gasteiger partial charge >= 0.3 is 0 Å². The van der Waals surface area contributed by atoms with E-state index in [0.717, 1.165) is 23.3 Å². The van der Waals surface area contributed by atoms with Gasteiger partial charge in [0, 0.05) is 6.04 Å². The molecule has 2 aromatic rings. The molecule has 1 fully saturated rings. The van der Waals surface area contributed by atoms with Crippen LogP contribution in [-0.2, 0) is 4.79 Å². The lowest BCUT2D eigenvalue weighted by Gasteiger charge is -2.11. The Labute approximate surface area is 160 Å². The first-order valence-electron chi connectivity index (χ1n) is 9.29. The van der Waals surface area contributed by atoms with Gasteiger partial charge in [-0.1, -0.05) is 48.9 Å².